The molecule has 1 N–H and O–H groups in total. The van der Waals surface area contributed by atoms with E-state index in [9.17, 15) is 0 Å². The van der Waals surface area contributed by atoms with E-state index in [1.165, 1.54) is 80.8 Å². The SMILES string of the molecule is Cn1c(-c2ccccc2)nc2cc3c(cc21)-n1c2cc4sc5ccccc5c4cc2c2ccc(-c4cc5c(cc4Nc4ccc(C(C)(C)C)cc4)oc4cc6c(cc45)C(C)(C)CCC6(C)C)c(c21)[B]3. The molecule has 12 aromatic rings. The smallest absolute Gasteiger partial charge is 0.198 e. The van der Waals surface area contributed by atoms with Crippen LogP contribution in [-0.2, 0) is 23.3 Å². The van der Waals surface area contributed by atoms with Gasteiger partial charge in [0.25, 0.3) is 0 Å². The number of fused-ring (bicyclic) bond motifs is 13. The van der Waals surface area contributed by atoms with Crippen LogP contribution in [0.25, 0.3) is 103 Å². The summed E-state index contributed by atoms with van der Waals surface area (Å²) in [5.41, 5.74) is 19.7. The van der Waals surface area contributed by atoms with Gasteiger partial charge < -0.3 is 18.9 Å². The molecule has 8 aromatic carbocycles. The second kappa shape index (κ2) is 14.0. The van der Waals surface area contributed by atoms with E-state index in [2.05, 4.69) is 217 Å². The summed E-state index contributed by atoms with van der Waals surface area (Å²) in [6, 6.07) is 52.1. The topological polar surface area (TPSA) is 47.9 Å². The first-order valence-electron chi connectivity index (χ1n) is 24.5. The molecule has 0 saturated carbocycles. The molecule has 5 heterocycles. The fourth-order valence-corrected chi connectivity index (χ4v) is 13.1. The normalized spacial score (nSPS) is 15.2. The maximum atomic E-state index is 6.94. The number of nitrogens with one attached hydrogen (secondary N) is 1. The van der Waals surface area contributed by atoms with Crippen molar-refractivity contribution in [1.82, 2.24) is 14.1 Å². The molecular weight excluding hydrogens is 860 g/mol. The molecular formula is C62H52BN4OS. The summed E-state index contributed by atoms with van der Waals surface area (Å²) in [4.78, 5) is 5.30. The number of imidazole rings is 1. The van der Waals surface area contributed by atoms with Crippen molar-refractivity contribution in [3.63, 3.8) is 0 Å². The molecule has 4 aromatic heterocycles. The number of hydrogen-bond acceptors (Lipinski definition) is 4. The first kappa shape index (κ1) is 40.9. The Bertz CT molecular complexity index is 4170. The number of aryl methyl sites for hydroxylation is 1. The summed E-state index contributed by atoms with van der Waals surface area (Å²) in [5.74, 6) is 0.959. The molecule has 0 atom stereocenters. The van der Waals surface area contributed by atoms with Crippen molar-refractivity contribution in [2.75, 3.05) is 5.32 Å². The number of anilines is 2. The van der Waals surface area contributed by atoms with E-state index in [1.54, 1.807) is 0 Å². The lowest BCUT2D eigenvalue weighted by atomic mass is 9.59. The number of hydrogen-bond donors (Lipinski definition) is 1. The molecule has 1 radical (unpaired) electrons. The minimum atomic E-state index is 0.0496. The number of rotatable bonds is 4. The van der Waals surface area contributed by atoms with Crippen LogP contribution >= 0.6 is 11.3 Å². The van der Waals surface area contributed by atoms with Crippen molar-refractivity contribution in [1.29, 1.82) is 0 Å². The van der Waals surface area contributed by atoms with E-state index in [4.69, 9.17) is 9.40 Å². The maximum absolute atomic E-state index is 6.94. The van der Waals surface area contributed by atoms with E-state index in [-0.39, 0.29) is 16.2 Å². The summed E-state index contributed by atoms with van der Waals surface area (Å²) in [6.45, 7) is 16.4. The summed E-state index contributed by atoms with van der Waals surface area (Å²) in [7, 11) is 4.58. The first-order valence-corrected chi connectivity index (χ1v) is 25.3. The highest BCUT2D eigenvalue weighted by molar-refractivity contribution is 7.25. The molecule has 335 valence electrons. The molecule has 0 unspecified atom stereocenters. The van der Waals surface area contributed by atoms with E-state index in [0.717, 1.165) is 74.2 Å². The number of furan rings is 1. The van der Waals surface area contributed by atoms with Gasteiger partial charge in [0.15, 0.2) is 7.28 Å². The Hall–Kier alpha value is -7.09. The molecule has 7 heteroatoms. The van der Waals surface area contributed by atoms with Gasteiger partial charge in [-0.1, -0.05) is 127 Å². The van der Waals surface area contributed by atoms with Crippen molar-refractivity contribution in [3.05, 3.63) is 156 Å². The zero-order valence-corrected chi connectivity index (χ0v) is 41.2. The lowest BCUT2D eigenvalue weighted by molar-refractivity contribution is 0.332. The van der Waals surface area contributed by atoms with Crippen LogP contribution in [-0.4, -0.2) is 21.4 Å². The summed E-state index contributed by atoms with van der Waals surface area (Å²) in [6.07, 6.45) is 2.31. The van der Waals surface area contributed by atoms with Crippen LogP contribution in [0, 0.1) is 0 Å². The lowest BCUT2D eigenvalue weighted by Gasteiger charge is -2.41. The molecule has 0 amide bonds. The summed E-state index contributed by atoms with van der Waals surface area (Å²) < 4.78 is 14.4. The summed E-state index contributed by atoms with van der Waals surface area (Å²) in [5, 5.41) is 11.4. The van der Waals surface area contributed by atoms with Crippen molar-refractivity contribution in [3.8, 4) is 28.2 Å². The highest BCUT2D eigenvalue weighted by Crippen LogP contribution is 2.50. The second-order valence-electron chi connectivity index (χ2n) is 22.2. The minimum absolute atomic E-state index is 0.0496. The van der Waals surface area contributed by atoms with Crippen LogP contribution in [0.15, 0.2) is 144 Å². The number of aromatic nitrogens is 3. The number of nitrogens with zero attached hydrogens (tertiary/aromatic N) is 3. The van der Waals surface area contributed by atoms with Gasteiger partial charge in [-0.15, -0.1) is 11.3 Å². The fourth-order valence-electron chi connectivity index (χ4n) is 12.0. The molecule has 1 aliphatic carbocycles. The van der Waals surface area contributed by atoms with Crippen LogP contribution in [0.1, 0.15) is 78.0 Å². The van der Waals surface area contributed by atoms with Crippen LogP contribution in [0.3, 0.4) is 0 Å². The van der Waals surface area contributed by atoms with Crippen molar-refractivity contribution in [2.24, 2.45) is 7.05 Å². The third kappa shape index (κ3) is 5.99. The third-order valence-corrected chi connectivity index (χ3v) is 17.1. The minimum Gasteiger partial charge on any atom is -0.456 e. The molecule has 1 aliphatic heterocycles. The second-order valence-corrected chi connectivity index (χ2v) is 23.3. The Labute approximate surface area is 406 Å². The highest BCUT2D eigenvalue weighted by atomic mass is 32.1. The molecule has 2 aliphatic rings. The maximum Gasteiger partial charge on any atom is 0.198 e. The Morgan fingerprint density at radius 3 is 2.14 bits per heavy atom. The van der Waals surface area contributed by atoms with Gasteiger partial charge in [0.1, 0.15) is 17.0 Å². The summed E-state index contributed by atoms with van der Waals surface area (Å²) >= 11 is 1.88. The molecule has 5 nitrogen and oxygen atoms in total. The molecule has 0 saturated heterocycles. The lowest BCUT2D eigenvalue weighted by Crippen LogP contribution is -2.37. The van der Waals surface area contributed by atoms with Gasteiger partial charge in [-0.3, -0.25) is 0 Å². The van der Waals surface area contributed by atoms with Gasteiger partial charge in [-0.05, 0) is 117 Å². The largest absolute Gasteiger partial charge is 0.456 e. The molecule has 0 fully saturated rings. The Kier molecular flexibility index (Phi) is 8.31. The van der Waals surface area contributed by atoms with Gasteiger partial charge in [0, 0.05) is 82.8 Å². The quantitative estimate of drug-likeness (QED) is 0.179. The third-order valence-electron chi connectivity index (χ3n) is 16.0. The molecule has 0 bridgehead atoms. The van der Waals surface area contributed by atoms with Gasteiger partial charge in [0.05, 0.1) is 22.2 Å². The Balaban J connectivity index is 1.05. The molecule has 14 rings (SSSR count). The average Bonchev–Trinajstić information content (AvgIpc) is 4.07. The first-order chi connectivity index (χ1) is 33.2. The predicted molar refractivity (Wildman–Crippen MR) is 295 cm³/mol. The zero-order chi connectivity index (χ0) is 46.9. The molecule has 69 heavy (non-hydrogen) atoms. The van der Waals surface area contributed by atoms with Crippen molar-refractivity contribution in [2.45, 2.75) is 77.6 Å². The van der Waals surface area contributed by atoms with Gasteiger partial charge in [0.2, 0.25) is 0 Å². The van der Waals surface area contributed by atoms with E-state index < -0.39 is 0 Å². The highest BCUT2D eigenvalue weighted by Gasteiger charge is 2.38. The zero-order valence-electron chi connectivity index (χ0n) is 40.4. The number of thiophene rings is 1. The van der Waals surface area contributed by atoms with Crippen molar-refractivity contribution < 1.29 is 4.42 Å². The van der Waals surface area contributed by atoms with Crippen LogP contribution in [0.5, 0.6) is 0 Å². The van der Waals surface area contributed by atoms with Gasteiger partial charge >= 0.3 is 0 Å². The van der Waals surface area contributed by atoms with E-state index in [1.807, 2.05) is 11.3 Å². The van der Waals surface area contributed by atoms with E-state index in [0.29, 0.717) is 0 Å². The Morgan fingerprint density at radius 2 is 1.36 bits per heavy atom. The van der Waals surface area contributed by atoms with Gasteiger partial charge in [-0.2, -0.15) is 0 Å². The predicted octanol–water partition coefficient (Wildman–Crippen LogP) is 15.6. The standard InChI is InChI=1S/C62H52BN4OS/c1-60(2,3)35-18-20-36(21-19-35)64-48-31-54-42(43-28-45-46(29-53(43)68-54)62(6,7)25-24-61(45,4)5)26-40(48)38-22-23-39-41-27-44-37-16-12-13-17-55(37)69-56(44)33-50(41)67-51-32-52-49(30-47(51)63-57(38)58(39)67)65-59(66(52)8)34-14-10-9-11-15-34/h9-23,26-33,64H,24-25H2,1-8H3. The average molecular weight is 912 g/mol. The Morgan fingerprint density at radius 1 is 0.638 bits per heavy atom. The molecule has 0 spiro atoms. The van der Waals surface area contributed by atoms with Crippen LogP contribution < -0.4 is 16.2 Å². The fraction of sp³-hybridized carbons (Fsp3) is 0.210. The van der Waals surface area contributed by atoms with Crippen LogP contribution in [0.2, 0.25) is 0 Å². The van der Waals surface area contributed by atoms with E-state index >= 15 is 0 Å². The van der Waals surface area contributed by atoms with Crippen molar-refractivity contribution >= 4 is 116 Å². The van der Waals surface area contributed by atoms with Crippen LogP contribution in [0.4, 0.5) is 11.4 Å². The number of benzene rings is 8. The van der Waals surface area contributed by atoms with Gasteiger partial charge in [-0.25, -0.2) is 4.98 Å². The monoisotopic (exact) mass is 911 g/mol.